The number of benzene rings is 1. The Balaban J connectivity index is 1.55. The van der Waals surface area contributed by atoms with Gasteiger partial charge < -0.3 is 10.4 Å². The van der Waals surface area contributed by atoms with Gasteiger partial charge in [0.2, 0.25) is 0 Å². The Hall–Kier alpha value is -1.65. The number of anilines is 1. The molecule has 1 aliphatic rings. The first-order valence-corrected chi connectivity index (χ1v) is 7.79. The second-order valence-electron chi connectivity index (χ2n) is 5.15. The summed E-state index contributed by atoms with van der Waals surface area (Å²) in [6, 6.07) is 7.63. The highest BCUT2D eigenvalue weighted by molar-refractivity contribution is 6.31. The highest BCUT2D eigenvalue weighted by atomic mass is 35.5. The number of aliphatic imine (C=N–C) groups is 1. The number of aliphatic hydroxyl groups is 1. The zero-order valence-corrected chi connectivity index (χ0v) is 13.3. The molecule has 2 aromatic rings. The SMILES string of the molecule is OC[C]1[CH][CH][CH][C]1C=NCCNc1ccnc2cc(Cl)ccc12. The quantitative estimate of drug-likeness (QED) is 0.633. The molecule has 4 nitrogen and oxygen atoms in total. The van der Waals surface area contributed by atoms with Crippen molar-refractivity contribution in [1.29, 1.82) is 0 Å². The summed E-state index contributed by atoms with van der Waals surface area (Å²) in [5.41, 5.74) is 1.89. The summed E-state index contributed by atoms with van der Waals surface area (Å²) in [5, 5.41) is 14.3. The van der Waals surface area contributed by atoms with Gasteiger partial charge in [-0.15, -0.1) is 0 Å². The molecule has 1 fully saturated rings. The third-order valence-corrected chi connectivity index (χ3v) is 3.84. The first-order valence-electron chi connectivity index (χ1n) is 7.41. The maximum Gasteiger partial charge on any atom is 0.0737 e. The van der Waals surface area contributed by atoms with E-state index in [4.69, 9.17) is 11.6 Å². The van der Waals surface area contributed by atoms with Crippen LogP contribution < -0.4 is 5.32 Å². The number of aliphatic hydroxyl groups excluding tert-OH is 1. The van der Waals surface area contributed by atoms with Crippen LogP contribution in [0, 0.1) is 31.1 Å². The Kier molecular flexibility index (Phi) is 5.47. The first-order chi connectivity index (χ1) is 11.3. The molecule has 5 radical (unpaired) electrons. The molecule has 2 N–H and O–H groups in total. The van der Waals surface area contributed by atoms with Gasteiger partial charge in [-0.1, -0.05) is 11.6 Å². The predicted molar refractivity (Wildman–Crippen MR) is 95.1 cm³/mol. The van der Waals surface area contributed by atoms with Gasteiger partial charge in [0.1, 0.15) is 0 Å². The maximum absolute atomic E-state index is 9.19. The van der Waals surface area contributed by atoms with Crippen LogP contribution in [-0.4, -0.2) is 36.0 Å². The second kappa shape index (κ2) is 7.75. The van der Waals surface area contributed by atoms with Gasteiger partial charge in [-0.3, -0.25) is 9.98 Å². The summed E-state index contributed by atoms with van der Waals surface area (Å²) >= 11 is 5.99. The molecule has 1 aromatic carbocycles. The second-order valence-corrected chi connectivity index (χ2v) is 5.58. The lowest BCUT2D eigenvalue weighted by molar-refractivity contribution is 0.317. The molecule has 0 atom stereocenters. The number of rotatable bonds is 6. The van der Waals surface area contributed by atoms with Crippen molar-refractivity contribution in [2.75, 3.05) is 25.0 Å². The van der Waals surface area contributed by atoms with E-state index in [2.05, 4.69) is 15.3 Å². The molecule has 1 saturated carbocycles. The number of hydrogen-bond acceptors (Lipinski definition) is 4. The van der Waals surface area contributed by atoms with Crippen molar-refractivity contribution in [3.05, 3.63) is 66.6 Å². The summed E-state index contributed by atoms with van der Waals surface area (Å²) < 4.78 is 0. The zero-order valence-electron chi connectivity index (χ0n) is 12.5. The van der Waals surface area contributed by atoms with E-state index in [-0.39, 0.29) is 6.61 Å². The highest BCUT2D eigenvalue weighted by Gasteiger charge is 2.26. The van der Waals surface area contributed by atoms with E-state index in [0.717, 1.165) is 28.4 Å². The van der Waals surface area contributed by atoms with E-state index in [1.54, 1.807) is 12.4 Å². The van der Waals surface area contributed by atoms with Crippen LogP contribution in [0.15, 0.2) is 35.5 Å². The molecule has 1 aromatic heterocycles. The number of halogens is 1. The van der Waals surface area contributed by atoms with Gasteiger partial charge in [0, 0.05) is 46.9 Å². The molecule has 0 saturated heterocycles. The minimum Gasteiger partial charge on any atom is -0.396 e. The smallest absolute Gasteiger partial charge is 0.0737 e. The fourth-order valence-corrected chi connectivity index (χ4v) is 2.60. The standard InChI is InChI=1S/C18H17ClN3O/c19-15-4-5-16-17(6-7-21-18(16)10-15)22-9-8-20-11-13-2-1-3-14(13)12-23/h1-7,10-11,23H,8-9,12H2,(H,21,22). The molecule has 0 amide bonds. The lowest BCUT2D eigenvalue weighted by Gasteiger charge is -2.10. The lowest BCUT2D eigenvalue weighted by Crippen LogP contribution is -2.11. The molecular weight excluding hydrogens is 310 g/mol. The number of nitrogens with zero attached hydrogens (tertiary/aromatic N) is 2. The van der Waals surface area contributed by atoms with Crippen LogP contribution in [0.1, 0.15) is 0 Å². The van der Waals surface area contributed by atoms with E-state index in [1.165, 1.54) is 0 Å². The van der Waals surface area contributed by atoms with Crippen molar-refractivity contribution >= 4 is 34.4 Å². The van der Waals surface area contributed by atoms with Crippen molar-refractivity contribution in [3.8, 4) is 0 Å². The zero-order chi connectivity index (χ0) is 16.1. The summed E-state index contributed by atoms with van der Waals surface area (Å²) in [7, 11) is 0. The van der Waals surface area contributed by atoms with Crippen molar-refractivity contribution in [2.45, 2.75) is 0 Å². The summed E-state index contributed by atoms with van der Waals surface area (Å²) in [4.78, 5) is 8.72. The fraction of sp³-hybridized carbons (Fsp3) is 0.167. The number of nitrogens with one attached hydrogen (secondary N) is 1. The largest absolute Gasteiger partial charge is 0.396 e. The predicted octanol–water partition coefficient (Wildman–Crippen LogP) is 3.14. The van der Waals surface area contributed by atoms with E-state index >= 15 is 0 Å². The van der Waals surface area contributed by atoms with Gasteiger partial charge in [0.15, 0.2) is 0 Å². The fourth-order valence-electron chi connectivity index (χ4n) is 2.43. The lowest BCUT2D eigenvalue weighted by atomic mass is 9.98. The van der Waals surface area contributed by atoms with Gasteiger partial charge in [0.25, 0.3) is 0 Å². The van der Waals surface area contributed by atoms with Gasteiger partial charge in [-0.25, -0.2) is 0 Å². The average molecular weight is 327 g/mol. The molecule has 117 valence electrons. The van der Waals surface area contributed by atoms with Crippen molar-refractivity contribution < 1.29 is 5.11 Å². The minimum atomic E-state index is 0.0398. The van der Waals surface area contributed by atoms with Crippen LogP contribution in [-0.2, 0) is 0 Å². The van der Waals surface area contributed by atoms with Crippen LogP contribution in [0.5, 0.6) is 0 Å². The highest BCUT2D eigenvalue weighted by Crippen LogP contribution is 2.31. The van der Waals surface area contributed by atoms with E-state index in [9.17, 15) is 5.11 Å². The van der Waals surface area contributed by atoms with Gasteiger partial charge in [-0.2, -0.15) is 0 Å². The van der Waals surface area contributed by atoms with Crippen LogP contribution in [0.4, 0.5) is 5.69 Å². The third kappa shape index (κ3) is 4.01. The van der Waals surface area contributed by atoms with Crippen LogP contribution in [0.25, 0.3) is 10.9 Å². The molecule has 3 rings (SSSR count). The van der Waals surface area contributed by atoms with Crippen LogP contribution >= 0.6 is 11.6 Å². The summed E-state index contributed by atoms with van der Waals surface area (Å²) in [5.74, 6) is 1.87. The average Bonchev–Trinajstić information content (AvgIpc) is 3.01. The van der Waals surface area contributed by atoms with Gasteiger partial charge in [-0.05, 0) is 43.5 Å². The minimum absolute atomic E-state index is 0.0398. The monoisotopic (exact) mass is 326 g/mol. The molecular formula is C18H17ClN3O. The summed E-state index contributed by atoms with van der Waals surface area (Å²) in [6.45, 7) is 1.40. The topological polar surface area (TPSA) is 57.5 Å². The van der Waals surface area contributed by atoms with E-state index in [0.29, 0.717) is 18.1 Å². The van der Waals surface area contributed by atoms with Gasteiger partial charge in [0.05, 0.1) is 18.7 Å². The number of hydrogen-bond donors (Lipinski definition) is 2. The van der Waals surface area contributed by atoms with Gasteiger partial charge >= 0.3 is 0 Å². The van der Waals surface area contributed by atoms with Crippen molar-refractivity contribution in [2.24, 2.45) is 4.99 Å². The Bertz CT molecular complexity index is 689. The van der Waals surface area contributed by atoms with Crippen molar-refractivity contribution in [3.63, 3.8) is 0 Å². The van der Waals surface area contributed by atoms with Crippen LogP contribution in [0.3, 0.4) is 0 Å². The molecule has 1 aliphatic carbocycles. The molecule has 1 heterocycles. The number of pyridine rings is 1. The Morgan fingerprint density at radius 1 is 1.26 bits per heavy atom. The molecule has 0 bridgehead atoms. The number of fused-ring (bicyclic) bond motifs is 1. The molecule has 23 heavy (non-hydrogen) atoms. The van der Waals surface area contributed by atoms with E-state index in [1.807, 2.05) is 43.5 Å². The molecule has 0 spiro atoms. The third-order valence-electron chi connectivity index (χ3n) is 3.61. The molecule has 5 heteroatoms. The Labute approximate surface area is 141 Å². The number of aromatic nitrogens is 1. The van der Waals surface area contributed by atoms with E-state index < -0.39 is 0 Å². The summed E-state index contributed by atoms with van der Waals surface area (Å²) in [6.07, 6.45) is 9.33. The molecule has 0 unspecified atom stereocenters. The molecule has 0 aliphatic heterocycles. The Morgan fingerprint density at radius 2 is 2.17 bits per heavy atom. The normalized spacial score (nSPS) is 16.6. The first kappa shape index (κ1) is 16.2. The Morgan fingerprint density at radius 3 is 3.04 bits per heavy atom. The maximum atomic E-state index is 9.19. The van der Waals surface area contributed by atoms with Crippen LogP contribution in [0.2, 0.25) is 5.02 Å². The van der Waals surface area contributed by atoms with Crippen molar-refractivity contribution in [1.82, 2.24) is 4.98 Å².